The minimum absolute atomic E-state index is 0.0676. The largest absolute Gasteiger partial charge is 0.454 e. The number of sulfonamides is 1. The third-order valence-electron chi connectivity index (χ3n) is 4.67. The summed E-state index contributed by atoms with van der Waals surface area (Å²) in [6.45, 7) is 3.41. The van der Waals surface area contributed by atoms with Gasteiger partial charge in [-0.15, -0.1) is 0 Å². The number of ether oxygens (including phenoxy) is 1. The monoisotopic (exact) mass is 396 g/mol. The van der Waals surface area contributed by atoms with Gasteiger partial charge in [-0.1, -0.05) is 37.0 Å². The molecule has 0 saturated heterocycles. The summed E-state index contributed by atoms with van der Waals surface area (Å²) in [7, 11) is -3.84. The van der Waals surface area contributed by atoms with E-state index in [1.807, 2.05) is 6.92 Å². The molecule has 1 aliphatic rings. The van der Waals surface area contributed by atoms with Crippen LogP contribution in [0.1, 0.15) is 44.6 Å². The smallest absolute Gasteiger partial charge is 0.324 e. The normalized spacial score (nSPS) is 16.5. The molecule has 1 atom stereocenters. The average molecular weight is 397 g/mol. The summed E-state index contributed by atoms with van der Waals surface area (Å²) < 4.78 is 31.7. The van der Waals surface area contributed by atoms with E-state index in [2.05, 4.69) is 10.0 Å². The minimum atomic E-state index is -3.84. The molecule has 7 nitrogen and oxygen atoms in total. The lowest BCUT2D eigenvalue weighted by Gasteiger charge is -2.21. The summed E-state index contributed by atoms with van der Waals surface area (Å²) in [6, 6.07) is 5.19. The third kappa shape index (κ3) is 6.95. The summed E-state index contributed by atoms with van der Waals surface area (Å²) in [4.78, 5) is 23.9. The SMILES string of the molecule is Cc1ccc(S(=O)(=O)N[C@@H](C)C(=O)OCC(=O)NCC2CCCCC2)cc1. The standard InChI is InChI=1S/C19H28N2O5S/c1-14-8-10-17(11-9-14)27(24,25)21-15(2)19(23)26-13-18(22)20-12-16-6-4-3-5-7-16/h8-11,15-16,21H,3-7,12-13H2,1-2H3,(H,20,22)/t15-/m0/s1. The van der Waals surface area contributed by atoms with Gasteiger partial charge in [0.05, 0.1) is 4.90 Å². The summed E-state index contributed by atoms with van der Waals surface area (Å²) >= 11 is 0. The van der Waals surface area contributed by atoms with E-state index >= 15 is 0 Å². The fraction of sp³-hybridized carbons (Fsp3) is 0.579. The number of rotatable bonds is 8. The quantitative estimate of drug-likeness (QED) is 0.654. The van der Waals surface area contributed by atoms with Crippen molar-refractivity contribution in [1.82, 2.24) is 10.0 Å². The van der Waals surface area contributed by atoms with E-state index in [9.17, 15) is 18.0 Å². The molecule has 2 N–H and O–H groups in total. The molecule has 8 heteroatoms. The first-order valence-electron chi connectivity index (χ1n) is 9.30. The lowest BCUT2D eigenvalue weighted by Crippen LogP contribution is -2.41. The lowest BCUT2D eigenvalue weighted by molar-refractivity contribution is -0.149. The van der Waals surface area contributed by atoms with Crippen LogP contribution in [0.4, 0.5) is 0 Å². The highest BCUT2D eigenvalue weighted by Crippen LogP contribution is 2.22. The van der Waals surface area contributed by atoms with E-state index in [1.54, 1.807) is 12.1 Å². The minimum Gasteiger partial charge on any atom is -0.454 e. The number of nitrogens with one attached hydrogen (secondary N) is 2. The van der Waals surface area contributed by atoms with Crippen molar-refractivity contribution >= 4 is 21.9 Å². The molecule has 1 fully saturated rings. The van der Waals surface area contributed by atoms with E-state index < -0.39 is 28.6 Å². The van der Waals surface area contributed by atoms with E-state index in [0.29, 0.717) is 12.5 Å². The van der Waals surface area contributed by atoms with Crippen molar-refractivity contribution < 1.29 is 22.7 Å². The zero-order chi connectivity index (χ0) is 19.9. The Kier molecular flexibility index (Phi) is 7.79. The number of carbonyl (C=O) groups is 2. The molecular weight excluding hydrogens is 368 g/mol. The number of esters is 1. The molecule has 1 aromatic rings. The Balaban J connectivity index is 1.75. The molecule has 2 rings (SSSR count). The Morgan fingerprint density at radius 1 is 1.15 bits per heavy atom. The Hall–Kier alpha value is -1.93. The van der Waals surface area contributed by atoms with Gasteiger partial charge < -0.3 is 10.1 Å². The fourth-order valence-electron chi connectivity index (χ4n) is 3.03. The molecule has 1 saturated carbocycles. The van der Waals surface area contributed by atoms with Crippen LogP contribution in [0.15, 0.2) is 29.2 Å². The van der Waals surface area contributed by atoms with Crippen LogP contribution in [0.3, 0.4) is 0 Å². The molecule has 0 bridgehead atoms. The number of hydrogen-bond acceptors (Lipinski definition) is 5. The Labute approximate surface area is 160 Å². The summed E-state index contributed by atoms with van der Waals surface area (Å²) in [5, 5.41) is 2.77. The molecule has 0 aromatic heterocycles. The summed E-state index contributed by atoms with van der Waals surface area (Å²) in [5.41, 5.74) is 0.931. The summed E-state index contributed by atoms with van der Waals surface area (Å²) in [5.74, 6) is -0.681. The molecule has 1 amide bonds. The van der Waals surface area contributed by atoms with E-state index in [0.717, 1.165) is 18.4 Å². The molecule has 0 unspecified atom stereocenters. The van der Waals surface area contributed by atoms with Crippen LogP contribution in [0.25, 0.3) is 0 Å². The second-order valence-electron chi connectivity index (χ2n) is 7.07. The number of carbonyl (C=O) groups excluding carboxylic acids is 2. The molecule has 0 radical (unpaired) electrons. The zero-order valence-electron chi connectivity index (χ0n) is 15.9. The zero-order valence-corrected chi connectivity index (χ0v) is 16.7. The van der Waals surface area contributed by atoms with E-state index in [-0.39, 0.29) is 10.8 Å². The highest BCUT2D eigenvalue weighted by Gasteiger charge is 2.23. The Morgan fingerprint density at radius 3 is 2.41 bits per heavy atom. The van der Waals surface area contributed by atoms with E-state index in [4.69, 9.17) is 4.74 Å². The number of aryl methyl sites for hydroxylation is 1. The molecular formula is C19H28N2O5S. The van der Waals surface area contributed by atoms with Gasteiger partial charge in [0.15, 0.2) is 6.61 Å². The van der Waals surface area contributed by atoms with Crippen molar-refractivity contribution in [2.24, 2.45) is 5.92 Å². The summed E-state index contributed by atoms with van der Waals surface area (Å²) in [6.07, 6.45) is 5.84. The first-order valence-corrected chi connectivity index (χ1v) is 10.8. The van der Waals surface area contributed by atoms with Gasteiger partial charge in [-0.3, -0.25) is 9.59 Å². The van der Waals surface area contributed by atoms with Crippen LogP contribution < -0.4 is 10.0 Å². The number of benzene rings is 1. The second kappa shape index (κ2) is 9.85. The molecule has 150 valence electrons. The van der Waals surface area contributed by atoms with Crippen molar-refractivity contribution in [2.45, 2.75) is 56.9 Å². The van der Waals surface area contributed by atoms with Crippen LogP contribution in [-0.4, -0.2) is 39.5 Å². The molecule has 0 heterocycles. The Morgan fingerprint density at radius 2 is 1.78 bits per heavy atom. The molecule has 1 aliphatic carbocycles. The number of amides is 1. The van der Waals surface area contributed by atoms with Crippen LogP contribution >= 0.6 is 0 Å². The molecule has 27 heavy (non-hydrogen) atoms. The van der Waals surface area contributed by atoms with Gasteiger partial charge in [0.2, 0.25) is 10.0 Å². The highest BCUT2D eigenvalue weighted by atomic mass is 32.2. The van der Waals surface area contributed by atoms with Gasteiger partial charge in [-0.05, 0) is 44.7 Å². The topological polar surface area (TPSA) is 102 Å². The maximum Gasteiger partial charge on any atom is 0.324 e. The van der Waals surface area contributed by atoms with Gasteiger partial charge in [0.1, 0.15) is 6.04 Å². The van der Waals surface area contributed by atoms with Crippen molar-refractivity contribution in [3.8, 4) is 0 Å². The van der Waals surface area contributed by atoms with Crippen molar-refractivity contribution in [3.05, 3.63) is 29.8 Å². The van der Waals surface area contributed by atoms with Crippen molar-refractivity contribution in [1.29, 1.82) is 0 Å². The molecule has 0 aliphatic heterocycles. The third-order valence-corrected chi connectivity index (χ3v) is 6.23. The van der Waals surface area contributed by atoms with Crippen LogP contribution in [0.2, 0.25) is 0 Å². The molecule has 1 aromatic carbocycles. The van der Waals surface area contributed by atoms with Crippen molar-refractivity contribution in [2.75, 3.05) is 13.2 Å². The van der Waals surface area contributed by atoms with Gasteiger partial charge in [-0.25, -0.2) is 8.42 Å². The second-order valence-corrected chi connectivity index (χ2v) is 8.79. The predicted molar refractivity (Wildman–Crippen MR) is 102 cm³/mol. The van der Waals surface area contributed by atoms with E-state index in [1.165, 1.54) is 38.3 Å². The average Bonchev–Trinajstić information content (AvgIpc) is 2.65. The van der Waals surface area contributed by atoms with Gasteiger partial charge in [0.25, 0.3) is 5.91 Å². The lowest BCUT2D eigenvalue weighted by atomic mass is 9.89. The molecule has 0 spiro atoms. The fourth-order valence-corrected chi connectivity index (χ4v) is 4.22. The van der Waals surface area contributed by atoms with Gasteiger partial charge in [-0.2, -0.15) is 4.72 Å². The first-order chi connectivity index (χ1) is 12.8. The highest BCUT2D eigenvalue weighted by molar-refractivity contribution is 7.89. The van der Waals surface area contributed by atoms with Crippen LogP contribution in [0, 0.1) is 12.8 Å². The first kappa shape index (κ1) is 21.4. The predicted octanol–water partition coefficient (Wildman–Crippen LogP) is 1.90. The van der Waals surface area contributed by atoms with Gasteiger partial charge in [0, 0.05) is 6.54 Å². The maximum atomic E-state index is 12.3. The number of hydrogen-bond donors (Lipinski definition) is 2. The maximum absolute atomic E-state index is 12.3. The Bertz CT molecular complexity index is 740. The van der Waals surface area contributed by atoms with Gasteiger partial charge >= 0.3 is 5.97 Å². The van der Waals surface area contributed by atoms with Crippen LogP contribution in [-0.2, 0) is 24.3 Å². The van der Waals surface area contributed by atoms with Crippen LogP contribution in [0.5, 0.6) is 0 Å². The van der Waals surface area contributed by atoms with Crippen molar-refractivity contribution in [3.63, 3.8) is 0 Å².